The van der Waals surface area contributed by atoms with Crippen molar-refractivity contribution in [3.8, 4) is 0 Å². The second kappa shape index (κ2) is 10.7. The molecule has 1 aliphatic rings. The third kappa shape index (κ3) is 5.96. The molecule has 3 rings (SSSR count). The van der Waals surface area contributed by atoms with Gasteiger partial charge < -0.3 is 0 Å². The Balaban J connectivity index is 1.61. The van der Waals surface area contributed by atoms with E-state index in [1.165, 1.54) is 0 Å². The Morgan fingerprint density at radius 2 is 1.41 bits per heavy atom. The smallest absolute Gasteiger partial charge is 0.292 e. The van der Waals surface area contributed by atoms with E-state index in [4.69, 9.17) is 19.6 Å². The fraction of sp³-hybridized carbons (Fsp3) is 0.385. The molecule has 0 heterocycles. The molecule has 2 aromatic rings. The highest BCUT2D eigenvalue weighted by molar-refractivity contribution is 5.89. The van der Waals surface area contributed by atoms with Crippen LogP contribution in [0.5, 0.6) is 0 Å². The summed E-state index contributed by atoms with van der Waals surface area (Å²) in [5, 5.41) is 0. The number of carbonyl (C=O) groups excluding carboxylic acids is 2. The van der Waals surface area contributed by atoms with E-state index in [0.29, 0.717) is 30.4 Å². The van der Waals surface area contributed by atoms with Crippen molar-refractivity contribution in [2.45, 2.75) is 57.7 Å². The molecule has 3 unspecified atom stereocenters. The van der Waals surface area contributed by atoms with Crippen molar-refractivity contribution < 1.29 is 29.1 Å². The van der Waals surface area contributed by atoms with Gasteiger partial charge in [0.15, 0.2) is 0 Å². The molecule has 0 aromatic heterocycles. The largest absolute Gasteiger partial charge is 0.373 e. The number of rotatable bonds is 8. The Bertz CT molecular complexity index is 905. The molecule has 170 valence electrons. The van der Waals surface area contributed by atoms with Crippen LogP contribution in [0, 0.1) is 19.8 Å². The fourth-order valence-corrected chi connectivity index (χ4v) is 3.54. The maximum Gasteiger partial charge on any atom is 0.373 e. The van der Waals surface area contributed by atoms with E-state index >= 15 is 0 Å². The molecule has 0 bridgehead atoms. The number of benzene rings is 2. The first kappa shape index (κ1) is 24.0. The highest BCUT2D eigenvalue weighted by atomic mass is 17.2. The lowest BCUT2D eigenvalue weighted by Crippen LogP contribution is -2.48. The average Bonchev–Trinajstić information content (AvgIpc) is 2.83. The van der Waals surface area contributed by atoms with Crippen molar-refractivity contribution in [3.63, 3.8) is 0 Å². The van der Waals surface area contributed by atoms with E-state index in [-0.39, 0.29) is 5.92 Å². The summed E-state index contributed by atoms with van der Waals surface area (Å²) < 4.78 is 0. The Labute approximate surface area is 189 Å². The first-order valence-electron chi connectivity index (χ1n) is 11.0. The number of hydrogen-bond donors (Lipinski definition) is 0. The van der Waals surface area contributed by atoms with Crippen molar-refractivity contribution in [2.75, 3.05) is 0 Å². The topological polar surface area (TPSA) is 71.1 Å². The monoisotopic (exact) mass is 438 g/mol. The Kier molecular flexibility index (Phi) is 8.04. The zero-order valence-electron chi connectivity index (χ0n) is 18.7. The van der Waals surface area contributed by atoms with Gasteiger partial charge in [-0.25, -0.2) is 9.59 Å². The van der Waals surface area contributed by atoms with E-state index in [1.807, 2.05) is 38.1 Å². The Morgan fingerprint density at radius 1 is 0.906 bits per heavy atom. The predicted octanol–water partition coefficient (Wildman–Crippen LogP) is 5.26. The number of hydrogen-bond acceptors (Lipinski definition) is 6. The first-order valence-corrected chi connectivity index (χ1v) is 11.0. The van der Waals surface area contributed by atoms with Gasteiger partial charge in [-0.05, 0) is 80.3 Å². The summed E-state index contributed by atoms with van der Waals surface area (Å²) in [6.07, 6.45) is 2.58. The van der Waals surface area contributed by atoms with Gasteiger partial charge >= 0.3 is 11.9 Å². The number of carbonyl (C=O) groups is 2. The van der Waals surface area contributed by atoms with Gasteiger partial charge in [0.25, 0.3) is 0 Å². The molecule has 0 N–H and O–H groups in total. The number of aryl methyl sites for hydroxylation is 2. The molecule has 1 aliphatic carbocycles. The predicted molar refractivity (Wildman–Crippen MR) is 119 cm³/mol. The van der Waals surface area contributed by atoms with Crippen LogP contribution in [0.25, 0.3) is 0 Å². The van der Waals surface area contributed by atoms with Crippen molar-refractivity contribution >= 4 is 11.9 Å². The zero-order chi connectivity index (χ0) is 23.1. The summed E-state index contributed by atoms with van der Waals surface area (Å²) in [5.74, 6) is -1.17. The highest BCUT2D eigenvalue weighted by Crippen LogP contribution is 2.37. The molecular weight excluding hydrogens is 408 g/mol. The molecule has 6 nitrogen and oxygen atoms in total. The minimum absolute atomic E-state index is 0.0679. The fourth-order valence-electron chi connectivity index (χ4n) is 3.54. The zero-order valence-corrected chi connectivity index (χ0v) is 18.7. The third-order valence-electron chi connectivity index (χ3n) is 5.83. The van der Waals surface area contributed by atoms with E-state index in [9.17, 15) is 9.59 Å². The Hall–Kier alpha value is -2.70. The summed E-state index contributed by atoms with van der Waals surface area (Å²) >= 11 is 0. The maximum atomic E-state index is 12.4. The molecule has 6 heteroatoms. The standard InChI is InChI=1S/C26H30O6/c1-5-19-7-11-21(12-8-19)24(27)30-29-23-17-18(3)15-16-26(23,4)32-31-25(28)22-13-9-20(6-2)10-14-22/h7-14,18,23H,3-6,15-17H2,1-2H3. The molecule has 32 heavy (non-hydrogen) atoms. The second-order valence-corrected chi connectivity index (χ2v) is 8.22. The van der Waals surface area contributed by atoms with Gasteiger partial charge in [-0.15, -0.1) is 0 Å². The molecule has 0 aliphatic heterocycles. The van der Waals surface area contributed by atoms with Crippen LogP contribution in [0.2, 0.25) is 0 Å². The second-order valence-electron chi connectivity index (χ2n) is 8.22. The van der Waals surface area contributed by atoms with Crippen LogP contribution in [-0.4, -0.2) is 23.6 Å². The molecule has 0 saturated heterocycles. The molecule has 0 spiro atoms. The van der Waals surface area contributed by atoms with Gasteiger partial charge in [-0.1, -0.05) is 45.0 Å². The lowest BCUT2D eigenvalue weighted by atomic mass is 9.78. The van der Waals surface area contributed by atoms with Crippen LogP contribution in [0.15, 0.2) is 48.5 Å². The van der Waals surface area contributed by atoms with E-state index < -0.39 is 23.6 Å². The van der Waals surface area contributed by atoms with Crippen molar-refractivity contribution in [1.82, 2.24) is 0 Å². The van der Waals surface area contributed by atoms with Gasteiger partial charge in [-0.3, -0.25) is 9.78 Å². The first-order chi connectivity index (χ1) is 15.3. The molecule has 1 saturated carbocycles. The third-order valence-corrected chi connectivity index (χ3v) is 5.83. The molecule has 2 radical (unpaired) electrons. The van der Waals surface area contributed by atoms with Gasteiger partial charge in [0, 0.05) is 0 Å². The van der Waals surface area contributed by atoms with Crippen LogP contribution in [0.1, 0.15) is 65.0 Å². The van der Waals surface area contributed by atoms with Gasteiger partial charge in [0.05, 0.1) is 11.1 Å². The van der Waals surface area contributed by atoms with Gasteiger partial charge in [0.1, 0.15) is 11.7 Å². The molecule has 0 amide bonds. The SMILES string of the molecule is [CH2]C1CCC([CH2])(OOC(=O)c2ccc(CC)cc2)C(OOC(=O)c2ccc(CC)cc2)C1. The quantitative estimate of drug-likeness (QED) is 0.413. The minimum atomic E-state index is -1.22. The van der Waals surface area contributed by atoms with Crippen LogP contribution in [0.3, 0.4) is 0 Å². The van der Waals surface area contributed by atoms with Crippen LogP contribution in [-0.2, 0) is 32.4 Å². The normalized spacial score (nSPS) is 22.9. The van der Waals surface area contributed by atoms with E-state index in [0.717, 1.165) is 24.0 Å². The summed E-state index contributed by atoms with van der Waals surface area (Å²) in [5.41, 5.74) is 1.76. The van der Waals surface area contributed by atoms with Crippen molar-refractivity contribution in [2.24, 2.45) is 5.92 Å². The molecule has 2 aromatic carbocycles. The highest BCUT2D eigenvalue weighted by Gasteiger charge is 2.45. The van der Waals surface area contributed by atoms with Crippen LogP contribution < -0.4 is 0 Å². The van der Waals surface area contributed by atoms with Crippen molar-refractivity contribution in [1.29, 1.82) is 0 Å². The molecule has 1 fully saturated rings. The van der Waals surface area contributed by atoms with Crippen molar-refractivity contribution in [3.05, 3.63) is 84.6 Å². The Morgan fingerprint density at radius 3 is 1.91 bits per heavy atom. The van der Waals surface area contributed by atoms with Gasteiger partial charge in [0.2, 0.25) is 0 Å². The minimum Gasteiger partial charge on any atom is -0.292 e. The van der Waals surface area contributed by atoms with E-state index in [2.05, 4.69) is 13.8 Å². The summed E-state index contributed by atoms with van der Waals surface area (Å²) in [6, 6.07) is 14.2. The molecule has 3 atom stereocenters. The lowest BCUT2D eigenvalue weighted by Gasteiger charge is -2.39. The summed E-state index contributed by atoms with van der Waals surface area (Å²) in [7, 11) is 0. The summed E-state index contributed by atoms with van der Waals surface area (Å²) in [4.78, 5) is 45.8. The van der Waals surface area contributed by atoms with Crippen LogP contribution >= 0.6 is 0 Å². The maximum absolute atomic E-state index is 12.4. The van der Waals surface area contributed by atoms with Gasteiger partial charge in [-0.2, -0.15) is 9.78 Å². The van der Waals surface area contributed by atoms with E-state index in [1.54, 1.807) is 24.3 Å². The molecular formula is C26H30O6. The lowest BCUT2D eigenvalue weighted by molar-refractivity contribution is -0.380. The summed E-state index contributed by atoms with van der Waals surface area (Å²) in [6.45, 7) is 12.2. The average molecular weight is 439 g/mol. The van der Waals surface area contributed by atoms with Crippen LogP contribution in [0.4, 0.5) is 0 Å².